The van der Waals surface area contributed by atoms with Crippen molar-refractivity contribution in [1.29, 1.82) is 0 Å². The highest BCUT2D eigenvalue weighted by Gasteiger charge is 2.47. The lowest BCUT2D eigenvalue weighted by atomic mass is 9.96. The van der Waals surface area contributed by atoms with Gasteiger partial charge < -0.3 is 15.0 Å². The van der Waals surface area contributed by atoms with E-state index in [1.807, 2.05) is 6.92 Å². The predicted octanol–water partition coefficient (Wildman–Crippen LogP) is 2.18. The first-order valence-electron chi connectivity index (χ1n) is 7.79. The number of carbonyl (C=O) groups excluding carboxylic acids is 1. The fraction of sp³-hybridized carbons (Fsp3) is 0.933. The highest BCUT2D eigenvalue weighted by molar-refractivity contribution is 5.81. The highest BCUT2D eigenvalue weighted by Crippen LogP contribution is 2.34. The van der Waals surface area contributed by atoms with E-state index in [2.05, 4.69) is 31.0 Å². The van der Waals surface area contributed by atoms with E-state index >= 15 is 0 Å². The van der Waals surface area contributed by atoms with Crippen molar-refractivity contribution in [2.45, 2.75) is 65.0 Å². The van der Waals surface area contributed by atoms with Gasteiger partial charge in [-0.2, -0.15) is 0 Å². The largest absolute Gasteiger partial charge is 0.465 e. The number of carbonyl (C=O) groups is 1. The van der Waals surface area contributed by atoms with Crippen molar-refractivity contribution in [2.75, 3.05) is 26.2 Å². The second kappa shape index (κ2) is 7.85. The lowest BCUT2D eigenvalue weighted by Gasteiger charge is -2.31. The van der Waals surface area contributed by atoms with Gasteiger partial charge in [-0.25, -0.2) is 0 Å². The standard InChI is InChI=1S/C15H30N2O2/c1-5-11-16-15(14(18)19-8-4)10-9-13(12-15)17(6-2)7-3/h13,16H,5-12H2,1-4H3. The Morgan fingerprint density at radius 3 is 2.53 bits per heavy atom. The van der Waals surface area contributed by atoms with Gasteiger partial charge in [0.25, 0.3) is 0 Å². The molecule has 2 unspecified atom stereocenters. The molecule has 0 aliphatic heterocycles. The maximum atomic E-state index is 12.3. The molecule has 1 rings (SSSR count). The summed E-state index contributed by atoms with van der Waals surface area (Å²) in [6.45, 7) is 11.8. The Morgan fingerprint density at radius 1 is 1.32 bits per heavy atom. The highest BCUT2D eigenvalue weighted by atomic mass is 16.5. The minimum atomic E-state index is -0.445. The van der Waals surface area contributed by atoms with Gasteiger partial charge in [-0.1, -0.05) is 20.8 Å². The van der Waals surface area contributed by atoms with E-state index in [-0.39, 0.29) is 5.97 Å². The Morgan fingerprint density at radius 2 is 2.00 bits per heavy atom. The van der Waals surface area contributed by atoms with Gasteiger partial charge in [0.15, 0.2) is 0 Å². The van der Waals surface area contributed by atoms with E-state index in [0.29, 0.717) is 12.6 Å². The summed E-state index contributed by atoms with van der Waals surface area (Å²) in [4.78, 5) is 14.8. The van der Waals surface area contributed by atoms with Crippen molar-refractivity contribution in [1.82, 2.24) is 10.2 Å². The predicted molar refractivity (Wildman–Crippen MR) is 78.2 cm³/mol. The molecule has 112 valence electrons. The van der Waals surface area contributed by atoms with Crippen molar-refractivity contribution in [3.63, 3.8) is 0 Å². The Balaban J connectivity index is 2.74. The topological polar surface area (TPSA) is 41.6 Å². The first-order valence-corrected chi connectivity index (χ1v) is 7.79. The normalized spacial score (nSPS) is 26.9. The Kier molecular flexibility index (Phi) is 6.80. The van der Waals surface area contributed by atoms with Gasteiger partial charge in [0.2, 0.25) is 0 Å². The van der Waals surface area contributed by atoms with Crippen molar-refractivity contribution in [3.8, 4) is 0 Å². The van der Waals surface area contributed by atoms with Crippen molar-refractivity contribution >= 4 is 5.97 Å². The average molecular weight is 270 g/mol. The number of esters is 1. The molecule has 2 atom stereocenters. The van der Waals surface area contributed by atoms with Gasteiger partial charge in [0, 0.05) is 6.04 Å². The molecule has 0 bridgehead atoms. The summed E-state index contributed by atoms with van der Waals surface area (Å²) in [7, 11) is 0. The van der Waals surface area contributed by atoms with Crippen LogP contribution >= 0.6 is 0 Å². The molecule has 0 aromatic carbocycles. The van der Waals surface area contributed by atoms with Crippen molar-refractivity contribution < 1.29 is 9.53 Å². The van der Waals surface area contributed by atoms with Crippen LogP contribution in [0.4, 0.5) is 0 Å². The van der Waals surface area contributed by atoms with E-state index in [9.17, 15) is 4.79 Å². The summed E-state index contributed by atoms with van der Waals surface area (Å²) in [6, 6.07) is 0.503. The van der Waals surface area contributed by atoms with Crippen molar-refractivity contribution in [3.05, 3.63) is 0 Å². The third-order valence-corrected chi connectivity index (χ3v) is 4.20. The smallest absolute Gasteiger partial charge is 0.326 e. The third-order valence-electron chi connectivity index (χ3n) is 4.20. The molecular weight excluding hydrogens is 240 g/mol. The summed E-state index contributed by atoms with van der Waals surface area (Å²) in [5.41, 5.74) is -0.445. The molecule has 1 N–H and O–H groups in total. The van der Waals surface area contributed by atoms with E-state index in [1.54, 1.807) is 0 Å². The Hall–Kier alpha value is -0.610. The van der Waals surface area contributed by atoms with Crippen LogP contribution in [0.25, 0.3) is 0 Å². The van der Waals surface area contributed by atoms with Gasteiger partial charge in [-0.15, -0.1) is 0 Å². The van der Waals surface area contributed by atoms with E-state index in [4.69, 9.17) is 4.74 Å². The van der Waals surface area contributed by atoms with E-state index < -0.39 is 5.54 Å². The zero-order chi connectivity index (χ0) is 14.3. The number of rotatable bonds is 8. The van der Waals surface area contributed by atoms with Gasteiger partial charge in [0.05, 0.1) is 6.61 Å². The summed E-state index contributed by atoms with van der Waals surface area (Å²) >= 11 is 0. The van der Waals surface area contributed by atoms with Crippen LogP contribution in [0.3, 0.4) is 0 Å². The Bertz CT molecular complexity index is 279. The molecule has 1 saturated carbocycles. The molecule has 19 heavy (non-hydrogen) atoms. The zero-order valence-electron chi connectivity index (χ0n) is 13.0. The van der Waals surface area contributed by atoms with Crippen LogP contribution in [-0.2, 0) is 9.53 Å². The molecule has 4 nitrogen and oxygen atoms in total. The Labute approximate surface area is 117 Å². The lowest BCUT2D eigenvalue weighted by molar-refractivity contribution is -0.151. The minimum absolute atomic E-state index is 0.0573. The second-order valence-electron chi connectivity index (χ2n) is 5.35. The molecule has 4 heteroatoms. The SMILES string of the molecule is CCCNC1(C(=O)OCC)CCC(N(CC)CC)C1. The summed E-state index contributed by atoms with van der Waals surface area (Å²) in [6.07, 6.45) is 3.90. The van der Waals surface area contributed by atoms with Gasteiger partial charge in [-0.3, -0.25) is 4.79 Å². The molecule has 0 radical (unpaired) electrons. The maximum Gasteiger partial charge on any atom is 0.326 e. The molecule has 1 aliphatic carbocycles. The van der Waals surface area contributed by atoms with Crippen LogP contribution in [0, 0.1) is 0 Å². The number of nitrogens with zero attached hydrogens (tertiary/aromatic N) is 1. The fourth-order valence-electron chi connectivity index (χ4n) is 3.12. The molecule has 0 aromatic rings. The lowest BCUT2D eigenvalue weighted by Crippen LogP contribution is -2.52. The van der Waals surface area contributed by atoms with E-state index in [1.165, 1.54) is 0 Å². The number of hydrogen-bond acceptors (Lipinski definition) is 4. The molecule has 0 spiro atoms. The van der Waals surface area contributed by atoms with Gasteiger partial charge in [0.1, 0.15) is 5.54 Å². The summed E-state index contributed by atoms with van der Waals surface area (Å²) in [5, 5.41) is 3.46. The number of hydrogen-bond donors (Lipinski definition) is 1. The minimum Gasteiger partial charge on any atom is -0.465 e. The van der Waals surface area contributed by atoms with Crippen LogP contribution < -0.4 is 5.32 Å². The van der Waals surface area contributed by atoms with Crippen LogP contribution in [0.5, 0.6) is 0 Å². The quantitative estimate of drug-likeness (QED) is 0.686. The van der Waals surface area contributed by atoms with Crippen molar-refractivity contribution in [2.24, 2.45) is 0 Å². The molecule has 0 amide bonds. The number of ether oxygens (including phenoxy) is 1. The zero-order valence-corrected chi connectivity index (χ0v) is 13.0. The molecule has 1 fully saturated rings. The average Bonchev–Trinajstić information content (AvgIpc) is 2.84. The third kappa shape index (κ3) is 3.93. The second-order valence-corrected chi connectivity index (χ2v) is 5.35. The molecule has 0 heterocycles. The molecule has 0 saturated heterocycles. The van der Waals surface area contributed by atoms with Gasteiger partial charge >= 0.3 is 5.97 Å². The fourth-order valence-corrected chi connectivity index (χ4v) is 3.12. The van der Waals surface area contributed by atoms with Gasteiger partial charge in [-0.05, 0) is 52.2 Å². The van der Waals surface area contributed by atoms with Crippen LogP contribution in [0.2, 0.25) is 0 Å². The number of nitrogens with one attached hydrogen (secondary N) is 1. The molecular formula is C15H30N2O2. The molecule has 1 aliphatic rings. The first kappa shape index (κ1) is 16.4. The summed E-state index contributed by atoms with van der Waals surface area (Å²) in [5.74, 6) is -0.0573. The van der Waals surface area contributed by atoms with Crippen LogP contribution in [0.15, 0.2) is 0 Å². The molecule has 0 aromatic heterocycles. The van der Waals surface area contributed by atoms with E-state index in [0.717, 1.165) is 45.3 Å². The first-order chi connectivity index (χ1) is 9.13. The maximum absolute atomic E-state index is 12.3. The monoisotopic (exact) mass is 270 g/mol. The van der Waals surface area contributed by atoms with Crippen LogP contribution in [0.1, 0.15) is 53.4 Å². The summed E-state index contributed by atoms with van der Waals surface area (Å²) < 4.78 is 5.30. The van der Waals surface area contributed by atoms with Crippen LogP contribution in [-0.4, -0.2) is 48.7 Å².